The van der Waals surface area contributed by atoms with Crippen LogP contribution in [0.15, 0.2) is 36.7 Å². The number of nitrogens with zero attached hydrogens (tertiary/aromatic N) is 7. The van der Waals surface area contributed by atoms with E-state index in [2.05, 4.69) is 20.1 Å². The number of imidazole rings is 1. The Balaban J connectivity index is 1.53. The first-order valence-corrected chi connectivity index (χ1v) is 13.2. The number of alkyl halides is 6. The van der Waals surface area contributed by atoms with Gasteiger partial charge in [-0.05, 0) is 50.3 Å². The van der Waals surface area contributed by atoms with E-state index in [1.807, 2.05) is 0 Å². The highest BCUT2D eigenvalue weighted by Crippen LogP contribution is 2.42. The number of anilines is 1. The number of hydrogen-bond acceptors (Lipinski definition) is 6. The van der Waals surface area contributed by atoms with E-state index in [4.69, 9.17) is 16.3 Å². The number of hydrogen-bond donors (Lipinski definition) is 0. The highest BCUT2D eigenvalue weighted by atomic mass is 35.5. The molecule has 1 fully saturated rings. The van der Waals surface area contributed by atoms with E-state index in [9.17, 15) is 26.3 Å². The van der Waals surface area contributed by atoms with Gasteiger partial charge in [-0.25, -0.2) is 9.67 Å². The summed E-state index contributed by atoms with van der Waals surface area (Å²) in [4.78, 5) is 13.0. The van der Waals surface area contributed by atoms with Crippen LogP contribution in [0.3, 0.4) is 0 Å². The third-order valence-corrected chi connectivity index (χ3v) is 7.10. The van der Waals surface area contributed by atoms with E-state index in [0.29, 0.717) is 13.0 Å². The Bertz CT molecular complexity index is 1520. The Kier molecular flexibility index (Phi) is 7.66. The molecule has 5 rings (SSSR count). The molecular weight excluding hydrogens is 576 g/mol. The van der Waals surface area contributed by atoms with Crippen LogP contribution in [0, 0.1) is 0 Å². The summed E-state index contributed by atoms with van der Waals surface area (Å²) >= 11 is 6.16. The molecule has 4 aromatic rings. The van der Waals surface area contributed by atoms with Gasteiger partial charge in [0.25, 0.3) is 0 Å². The van der Waals surface area contributed by atoms with E-state index in [-0.39, 0.29) is 45.1 Å². The van der Waals surface area contributed by atoms with E-state index in [0.717, 1.165) is 23.9 Å². The molecule has 220 valence electrons. The van der Waals surface area contributed by atoms with Crippen LogP contribution in [0.2, 0.25) is 5.28 Å². The molecule has 0 spiro atoms. The van der Waals surface area contributed by atoms with Crippen molar-refractivity contribution >= 4 is 28.5 Å². The van der Waals surface area contributed by atoms with Crippen molar-refractivity contribution in [2.75, 3.05) is 18.6 Å². The van der Waals surface area contributed by atoms with Crippen LogP contribution >= 0.6 is 11.6 Å². The standard InChI is InChI=1S/C26H26ClF6N7O/c1-14(2)39-13-18(25(28,29)30)35-21(39)16-9-7-15(8-10-16)20(26(31,32)33)38(3)22-17-12-34-40(19-6-4-5-11-41-19)23(17)37-24(27)36-22/h7-10,12-14,19-20H,4-6,11H2,1-3H3/t19?,20-/m1/s1. The predicted molar refractivity (Wildman–Crippen MR) is 139 cm³/mol. The fraction of sp³-hybridized carbons (Fsp3) is 0.462. The molecule has 8 nitrogen and oxygen atoms in total. The maximum absolute atomic E-state index is 14.6. The highest BCUT2D eigenvalue weighted by molar-refractivity contribution is 6.28. The first-order valence-electron chi connectivity index (χ1n) is 12.8. The number of ether oxygens (including phenoxy) is 1. The molecule has 1 saturated heterocycles. The lowest BCUT2D eigenvalue weighted by atomic mass is 10.0. The Morgan fingerprint density at radius 3 is 2.32 bits per heavy atom. The van der Waals surface area contributed by atoms with E-state index in [1.165, 1.54) is 46.8 Å². The molecule has 0 radical (unpaired) electrons. The maximum Gasteiger partial charge on any atom is 0.434 e. The molecule has 0 aliphatic carbocycles. The number of halogens is 7. The molecule has 0 bridgehead atoms. The van der Waals surface area contributed by atoms with Gasteiger partial charge >= 0.3 is 12.4 Å². The van der Waals surface area contributed by atoms with E-state index >= 15 is 0 Å². The molecule has 3 aromatic heterocycles. The number of aromatic nitrogens is 6. The number of fused-ring (bicyclic) bond motifs is 1. The zero-order chi connectivity index (χ0) is 29.7. The van der Waals surface area contributed by atoms with Crippen LogP contribution in [-0.4, -0.2) is 49.1 Å². The van der Waals surface area contributed by atoms with Gasteiger partial charge in [0.1, 0.15) is 11.6 Å². The topological polar surface area (TPSA) is 73.9 Å². The van der Waals surface area contributed by atoms with Crippen LogP contribution in [0.1, 0.15) is 62.7 Å². The molecule has 41 heavy (non-hydrogen) atoms. The summed E-state index contributed by atoms with van der Waals surface area (Å²) in [6.45, 7) is 3.90. The van der Waals surface area contributed by atoms with Gasteiger partial charge in [0.05, 0.1) is 11.6 Å². The van der Waals surface area contributed by atoms with Gasteiger partial charge in [-0.2, -0.15) is 41.4 Å². The van der Waals surface area contributed by atoms with Crippen molar-refractivity contribution in [1.29, 1.82) is 0 Å². The lowest BCUT2D eigenvalue weighted by Gasteiger charge is -2.31. The van der Waals surface area contributed by atoms with Gasteiger partial charge in [-0.3, -0.25) is 0 Å². The molecule has 1 aliphatic rings. The van der Waals surface area contributed by atoms with Crippen LogP contribution < -0.4 is 4.90 Å². The minimum absolute atomic E-state index is 0.00238. The van der Waals surface area contributed by atoms with Gasteiger partial charge in [0.2, 0.25) is 5.28 Å². The monoisotopic (exact) mass is 601 g/mol. The van der Waals surface area contributed by atoms with Gasteiger partial charge in [0.15, 0.2) is 23.6 Å². The predicted octanol–water partition coefficient (Wildman–Crippen LogP) is 7.38. The summed E-state index contributed by atoms with van der Waals surface area (Å²) in [6.07, 6.45) is -5.11. The van der Waals surface area contributed by atoms with Crippen molar-refractivity contribution in [3.63, 3.8) is 0 Å². The minimum Gasteiger partial charge on any atom is -0.356 e. The van der Waals surface area contributed by atoms with E-state index in [1.54, 1.807) is 13.8 Å². The Morgan fingerprint density at radius 1 is 1.02 bits per heavy atom. The van der Waals surface area contributed by atoms with Crippen molar-refractivity contribution in [2.45, 2.75) is 63.8 Å². The lowest BCUT2D eigenvalue weighted by molar-refractivity contribution is -0.149. The highest BCUT2D eigenvalue weighted by Gasteiger charge is 2.45. The Hall–Kier alpha value is -3.39. The second kappa shape index (κ2) is 10.8. The average Bonchev–Trinajstić information content (AvgIpc) is 3.54. The van der Waals surface area contributed by atoms with Gasteiger partial charge in [0, 0.05) is 31.5 Å². The first kappa shape index (κ1) is 29.1. The molecule has 2 atom stereocenters. The summed E-state index contributed by atoms with van der Waals surface area (Å²) in [5, 5.41) is 4.32. The summed E-state index contributed by atoms with van der Waals surface area (Å²) in [5.74, 6) is -0.0870. The fourth-order valence-electron chi connectivity index (χ4n) is 4.99. The van der Waals surface area contributed by atoms with Crippen molar-refractivity contribution in [2.24, 2.45) is 0 Å². The van der Waals surface area contributed by atoms with E-state index < -0.39 is 30.3 Å². The molecular formula is C26H26ClF6N7O. The van der Waals surface area contributed by atoms with Crippen LogP contribution in [0.4, 0.5) is 32.2 Å². The largest absolute Gasteiger partial charge is 0.434 e. The number of rotatable bonds is 6. The van der Waals surface area contributed by atoms with Crippen molar-refractivity contribution in [1.82, 2.24) is 29.3 Å². The molecule has 1 aromatic carbocycles. The molecule has 15 heteroatoms. The quantitative estimate of drug-likeness (QED) is 0.170. The smallest absolute Gasteiger partial charge is 0.356 e. The molecule has 1 aliphatic heterocycles. The second-order valence-corrected chi connectivity index (χ2v) is 10.4. The Labute approximate surface area is 235 Å². The Morgan fingerprint density at radius 2 is 1.73 bits per heavy atom. The molecule has 1 unspecified atom stereocenters. The van der Waals surface area contributed by atoms with Crippen LogP contribution in [0.5, 0.6) is 0 Å². The molecule has 0 N–H and O–H groups in total. The van der Waals surface area contributed by atoms with Crippen molar-refractivity contribution < 1.29 is 31.1 Å². The summed E-state index contributed by atoms with van der Waals surface area (Å²) in [5.41, 5.74) is -0.755. The normalized spacial score (nSPS) is 17.4. The third kappa shape index (κ3) is 5.71. The maximum atomic E-state index is 14.6. The number of benzene rings is 1. The average molecular weight is 602 g/mol. The summed E-state index contributed by atoms with van der Waals surface area (Å²) < 4.78 is 92.3. The minimum atomic E-state index is -4.76. The van der Waals surface area contributed by atoms with Crippen LogP contribution in [0.25, 0.3) is 22.4 Å². The second-order valence-electron chi connectivity index (χ2n) is 10.1. The van der Waals surface area contributed by atoms with Crippen LogP contribution in [-0.2, 0) is 10.9 Å². The molecule has 0 saturated carbocycles. The molecule has 0 amide bonds. The summed E-state index contributed by atoms with van der Waals surface area (Å²) in [6, 6.07) is 2.54. The molecule has 4 heterocycles. The third-order valence-electron chi connectivity index (χ3n) is 6.93. The van der Waals surface area contributed by atoms with Crippen molar-refractivity contribution in [3.8, 4) is 11.4 Å². The fourth-order valence-corrected chi connectivity index (χ4v) is 5.15. The van der Waals surface area contributed by atoms with Crippen molar-refractivity contribution in [3.05, 3.63) is 53.2 Å². The van der Waals surface area contributed by atoms with Gasteiger partial charge < -0.3 is 14.2 Å². The lowest BCUT2D eigenvalue weighted by Crippen LogP contribution is -2.36. The SMILES string of the molecule is CC(C)n1cc(C(F)(F)F)nc1-c1ccc([C@@H](N(C)c2nc(Cl)nc3c2cnn3C2CCCCO2)C(F)(F)F)cc1. The van der Waals surface area contributed by atoms with Gasteiger partial charge in [-0.1, -0.05) is 24.3 Å². The first-order chi connectivity index (χ1) is 19.3. The zero-order valence-corrected chi connectivity index (χ0v) is 23.0. The summed E-state index contributed by atoms with van der Waals surface area (Å²) in [7, 11) is 1.24. The zero-order valence-electron chi connectivity index (χ0n) is 22.2. The van der Waals surface area contributed by atoms with Gasteiger partial charge in [-0.15, -0.1) is 0 Å².